The Morgan fingerprint density at radius 1 is 1.12 bits per heavy atom. The monoisotopic (exact) mass is 464 g/mol. The first-order chi connectivity index (χ1) is 16.2. The van der Waals surface area contributed by atoms with Gasteiger partial charge in [-0.05, 0) is 30.9 Å². The summed E-state index contributed by atoms with van der Waals surface area (Å²) in [5.41, 5.74) is 1.26. The van der Waals surface area contributed by atoms with Crippen LogP contribution >= 0.6 is 11.6 Å². The minimum atomic E-state index is 0.177. The molecule has 3 aromatic heterocycles. The molecule has 0 unspecified atom stereocenters. The van der Waals surface area contributed by atoms with E-state index in [1.807, 2.05) is 18.3 Å². The van der Waals surface area contributed by atoms with E-state index in [2.05, 4.69) is 42.2 Å². The molecular formula is C23H25ClN8O. The van der Waals surface area contributed by atoms with Crippen molar-refractivity contribution in [1.29, 1.82) is 5.26 Å². The number of nitrogens with zero attached hydrogens (tertiary/aromatic N) is 7. The van der Waals surface area contributed by atoms with Crippen molar-refractivity contribution in [3.05, 3.63) is 41.3 Å². The lowest BCUT2D eigenvalue weighted by atomic mass is 9.96. The third kappa shape index (κ3) is 4.77. The Balaban J connectivity index is 1.27. The highest BCUT2D eigenvalue weighted by atomic mass is 35.5. The third-order valence-electron chi connectivity index (χ3n) is 6.23. The van der Waals surface area contributed by atoms with Crippen molar-refractivity contribution >= 4 is 40.1 Å². The lowest BCUT2D eigenvalue weighted by molar-refractivity contribution is 0.122. The van der Waals surface area contributed by atoms with Crippen molar-refractivity contribution in [1.82, 2.24) is 19.9 Å². The highest BCUT2D eigenvalue weighted by Crippen LogP contribution is 2.31. The van der Waals surface area contributed by atoms with Crippen LogP contribution < -0.4 is 15.1 Å². The molecule has 33 heavy (non-hydrogen) atoms. The molecule has 170 valence electrons. The van der Waals surface area contributed by atoms with E-state index in [0.29, 0.717) is 11.9 Å². The van der Waals surface area contributed by atoms with E-state index in [1.54, 1.807) is 0 Å². The average molecular weight is 465 g/mol. The fraction of sp³-hybridized carbons (Fsp3) is 0.435. The molecule has 2 saturated heterocycles. The summed E-state index contributed by atoms with van der Waals surface area (Å²) in [6.07, 6.45) is 5.35. The average Bonchev–Trinajstić information content (AvgIpc) is 2.88. The summed E-state index contributed by atoms with van der Waals surface area (Å²) in [5, 5.41) is 13.5. The maximum absolute atomic E-state index is 8.96. The molecule has 0 amide bonds. The van der Waals surface area contributed by atoms with Crippen LogP contribution in [0.1, 0.15) is 18.4 Å². The van der Waals surface area contributed by atoms with Gasteiger partial charge >= 0.3 is 0 Å². The Labute approximate surface area is 197 Å². The number of anilines is 3. The van der Waals surface area contributed by atoms with Crippen molar-refractivity contribution in [3.63, 3.8) is 0 Å². The van der Waals surface area contributed by atoms with Crippen LogP contribution in [0.4, 0.5) is 17.6 Å². The highest BCUT2D eigenvalue weighted by Gasteiger charge is 2.24. The van der Waals surface area contributed by atoms with E-state index in [9.17, 15) is 0 Å². The van der Waals surface area contributed by atoms with E-state index in [1.165, 1.54) is 6.20 Å². The standard InChI is InChI=1S/C23H25ClN8O/c24-21-17(13-25)15-28-23(30-21)27-14-16-3-6-32(7-4-16)22-18-2-1-5-26-19(18)12-20(29-22)31-8-10-33-11-9-31/h1-2,5,12,15-16H,3-4,6-11,14H2,(H,27,28,30). The van der Waals surface area contributed by atoms with Gasteiger partial charge in [-0.15, -0.1) is 0 Å². The number of piperidine rings is 1. The molecule has 0 saturated carbocycles. The van der Waals surface area contributed by atoms with E-state index in [-0.39, 0.29) is 10.7 Å². The first kappa shape index (κ1) is 21.6. The fourth-order valence-electron chi connectivity index (χ4n) is 4.35. The summed E-state index contributed by atoms with van der Waals surface area (Å²) in [6.45, 7) is 5.75. The molecule has 5 heterocycles. The van der Waals surface area contributed by atoms with E-state index < -0.39 is 0 Å². The minimum absolute atomic E-state index is 0.177. The number of aromatic nitrogens is 4. The van der Waals surface area contributed by atoms with Crippen molar-refractivity contribution in [2.75, 3.05) is 61.1 Å². The molecule has 10 heteroatoms. The van der Waals surface area contributed by atoms with Crippen LogP contribution in [-0.4, -0.2) is 65.9 Å². The molecule has 2 aliphatic rings. The molecule has 2 fully saturated rings. The Kier molecular flexibility index (Phi) is 6.37. The van der Waals surface area contributed by atoms with Crippen molar-refractivity contribution in [3.8, 4) is 6.07 Å². The lowest BCUT2D eigenvalue weighted by Gasteiger charge is -2.34. The smallest absolute Gasteiger partial charge is 0.224 e. The SMILES string of the molecule is N#Cc1cnc(NCC2CCN(c3nc(N4CCOCC4)cc4ncccc34)CC2)nc1Cl. The van der Waals surface area contributed by atoms with Gasteiger partial charge in [0.15, 0.2) is 5.15 Å². The van der Waals surface area contributed by atoms with Crippen LogP contribution in [0.3, 0.4) is 0 Å². The summed E-state index contributed by atoms with van der Waals surface area (Å²) in [6, 6.07) is 8.14. The maximum atomic E-state index is 8.96. The van der Waals surface area contributed by atoms with Crippen LogP contribution in [0.2, 0.25) is 5.15 Å². The van der Waals surface area contributed by atoms with Gasteiger partial charge < -0.3 is 19.9 Å². The van der Waals surface area contributed by atoms with Gasteiger partial charge in [-0.3, -0.25) is 4.98 Å². The number of nitrogens with one attached hydrogen (secondary N) is 1. The molecule has 0 radical (unpaired) electrons. The van der Waals surface area contributed by atoms with Crippen LogP contribution in [0.15, 0.2) is 30.6 Å². The second kappa shape index (κ2) is 9.73. The number of fused-ring (bicyclic) bond motifs is 1. The molecule has 0 aliphatic carbocycles. The zero-order chi connectivity index (χ0) is 22.6. The number of pyridine rings is 2. The predicted octanol–water partition coefficient (Wildman–Crippen LogP) is 3.11. The molecule has 0 aromatic carbocycles. The zero-order valence-electron chi connectivity index (χ0n) is 18.2. The van der Waals surface area contributed by atoms with Crippen molar-refractivity contribution < 1.29 is 4.74 Å². The molecule has 0 spiro atoms. The quantitative estimate of drug-likeness (QED) is 0.570. The summed E-state index contributed by atoms with van der Waals surface area (Å²) < 4.78 is 5.51. The number of halogens is 1. The summed E-state index contributed by atoms with van der Waals surface area (Å²) in [7, 11) is 0. The van der Waals surface area contributed by atoms with Gasteiger partial charge in [0.1, 0.15) is 23.3 Å². The molecule has 2 aliphatic heterocycles. The topological polar surface area (TPSA) is 103 Å². The first-order valence-corrected chi connectivity index (χ1v) is 11.6. The van der Waals surface area contributed by atoms with E-state index in [0.717, 1.165) is 81.3 Å². The highest BCUT2D eigenvalue weighted by molar-refractivity contribution is 6.30. The van der Waals surface area contributed by atoms with Crippen LogP contribution in [-0.2, 0) is 4.74 Å². The second-order valence-corrected chi connectivity index (χ2v) is 8.65. The van der Waals surface area contributed by atoms with Gasteiger partial charge in [0.05, 0.1) is 24.9 Å². The number of hydrogen-bond acceptors (Lipinski definition) is 9. The number of nitriles is 1. The molecule has 9 nitrogen and oxygen atoms in total. The van der Waals surface area contributed by atoms with Gasteiger partial charge in [-0.25, -0.2) is 9.97 Å². The summed E-state index contributed by atoms with van der Waals surface area (Å²) >= 11 is 6.01. The van der Waals surface area contributed by atoms with E-state index >= 15 is 0 Å². The normalized spacial score (nSPS) is 17.2. The Bertz CT molecular complexity index is 1170. The summed E-state index contributed by atoms with van der Waals surface area (Å²) in [4.78, 5) is 22.7. The van der Waals surface area contributed by atoms with E-state index in [4.69, 9.17) is 26.6 Å². The lowest BCUT2D eigenvalue weighted by Crippen LogP contribution is -2.38. The van der Waals surface area contributed by atoms with Crippen LogP contribution in [0.25, 0.3) is 10.9 Å². The van der Waals surface area contributed by atoms with Crippen molar-refractivity contribution in [2.45, 2.75) is 12.8 Å². The van der Waals surface area contributed by atoms with Gasteiger partial charge in [0.2, 0.25) is 5.95 Å². The fourth-order valence-corrected chi connectivity index (χ4v) is 4.52. The molecule has 5 rings (SSSR count). The Hall–Kier alpha value is -3.22. The number of morpholine rings is 1. The third-order valence-corrected chi connectivity index (χ3v) is 6.51. The zero-order valence-corrected chi connectivity index (χ0v) is 19.0. The molecule has 1 N–H and O–H groups in total. The Morgan fingerprint density at radius 3 is 2.70 bits per heavy atom. The molecule has 0 bridgehead atoms. The van der Waals surface area contributed by atoms with Crippen LogP contribution in [0.5, 0.6) is 0 Å². The van der Waals surface area contributed by atoms with Gasteiger partial charge in [0, 0.05) is 50.4 Å². The first-order valence-electron chi connectivity index (χ1n) is 11.2. The number of hydrogen-bond donors (Lipinski definition) is 1. The van der Waals surface area contributed by atoms with Gasteiger partial charge in [-0.1, -0.05) is 11.6 Å². The summed E-state index contributed by atoms with van der Waals surface area (Å²) in [5.74, 6) is 2.93. The van der Waals surface area contributed by atoms with Gasteiger partial charge in [0.25, 0.3) is 0 Å². The molecular weight excluding hydrogens is 440 g/mol. The van der Waals surface area contributed by atoms with Crippen molar-refractivity contribution in [2.24, 2.45) is 5.92 Å². The minimum Gasteiger partial charge on any atom is -0.378 e. The number of rotatable bonds is 5. The predicted molar refractivity (Wildman–Crippen MR) is 128 cm³/mol. The largest absolute Gasteiger partial charge is 0.378 e. The second-order valence-electron chi connectivity index (χ2n) is 8.29. The van der Waals surface area contributed by atoms with Crippen LogP contribution in [0, 0.1) is 17.2 Å². The maximum Gasteiger partial charge on any atom is 0.224 e. The number of ether oxygens (including phenoxy) is 1. The van der Waals surface area contributed by atoms with Gasteiger partial charge in [-0.2, -0.15) is 10.2 Å². The molecule has 0 atom stereocenters. The molecule has 3 aromatic rings. The Morgan fingerprint density at radius 2 is 1.94 bits per heavy atom.